The van der Waals surface area contributed by atoms with Gasteiger partial charge in [0.2, 0.25) is 5.91 Å². The lowest BCUT2D eigenvalue weighted by Gasteiger charge is -2.40. The molecule has 0 aromatic carbocycles. The van der Waals surface area contributed by atoms with E-state index in [1.54, 1.807) is 0 Å². The molecule has 19 heavy (non-hydrogen) atoms. The fourth-order valence-electron chi connectivity index (χ4n) is 2.83. The Kier molecular flexibility index (Phi) is 3.24. The molecule has 0 radical (unpaired) electrons. The smallest absolute Gasteiger partial charge is 0.234 e. The third-order valence-corrected chi connectivity index (χ3v) is 3.77. The minimum atomic E-state index is -0.181. The van der Waals surface area contributed by atoms with Crippen molar-refractivity contribution in [3.63, 3.8) is 0 Å². The number of carbonyl (C=O) groups excluding carboxylic acids is 1. The number of hydrogen-bond acceptors (Lipinski definition) is 1. The molecule has 0 bridgehead atoms. The molecule has 1 aliphatic heterocycles. The van der Waals surface area contributed by atoms with Crippen LogP contribution in [0.25, 0.3) is 0 Å². The van der Waals surface area contributed by atoms with Crippen LogP contribution in [0.15, 0.2) is 35.6 Å². The molecule has 0 saturated heterocycles. The van der Waals surface area contributed by atoms with E-state index in [0.29, 0.717) is 0 Å². The summed E-state index contributed by atoms with van der Waals surface area (Å²) in [6, 6.07) is 0. The van der Waals surface area contributed by atoms with Gasteiger partial charge in [-0.3, -0.25) is 4.79 Å². The zero-order chi connectivity index (χ0) is 14.4. The molecule has 1 atom stereocenters. The van der Waals surface area contributed by atoms with Gasteiger partial charge in [0.25, 0.3) is 0 Å². The Hall–Kier alpha value is -1.31. The van der Waals surface area contributed by atoms with Gasteiger partial charge in [-0.25, -0.2) is 0 Å². The fourth-order valence-corrected chi connectivity index (χ4v) is 2.83. The molecule has 0 aromatic heterocycles. The zero-order valence-electron chi connectivity index (χ0n) is 12.9. The van der Waals surface area contributed by atoms with E-state index in [4.69, 9.17) is 0 Å². The third kappa shape index (κ3) is 2.54. The molecule has 2 heteroatoms. The van der Waals surface area contributed by atoms with Crippen molar-refractivity contribution in [1.82, 2.24) is 4.90 Å². The summed E-state index contributed by atoms with van der Waals surface area (Å²) >= 11 is 0. The highest BCUT2D eigenvalue weighted by Gasteiger charge is 2.40. The van der Waals surface area contributed by atoms with Crippen molar-refractivity contribution in [3.05, 3.63) is 35.6 Å². The first-order valence-corrected chi connectivity index (χ1v) is 7.04. The summed E-state index contributed by atoms with van der Waals surface area (Å²) in [6.07, 6.45) is 9.33. The standard InChI is InChI=1S/C17H25NO/c1-16(2,3)13-11-10-12-8-7-9-14(12)18(15(13)19)17(4,5)6/h7-8,10-11,13H,9H2,1-6H3. The van der Waals surface area contributed by atoms with Crippen LogP contribution in [0.3, 0.4) is 0 Å². The summed E-state index contributed by atoms with van der Waals surface area (Å²) in [5.41, 5.74) is 2.11. The van der Waals surface area contributed by atoms with Gasteiger partial charge in [-0.2, -0.15) is 0 Å². The first kappa shape index (κ1) is 14.1. The minimum Gasteiger partial charge on any atom is -0.309 e. The number of rotatable bonds is 0. The molecule has 2 nitrogen and oxygen atoms in total. The highest BCUT2D eigenvalue weighted by molar-refractivity contribution is 5.85. The van der Waals surface area contributed by atoms with Crippen LogP contribution in [0.5, 0.6) is 0 Å². The fraction of sp³-hybridized carbons (Fsp3) is 0.588. The summed E-state index contributed by atoms with van der Waals surface area (Å²) in [7, 11) is 0. The molecule has 1 amide bonds. The summed E-state index contributed by atoms with van der Waals surface area (Å²) in [5, 5.41) is 0. The Morgan fingerprint density at radius 1 is 1.11 bits per heavy atom. The summed E-state index contributed by atoms with van der Waals surface area (Å²) in [6.45, 7) is 12.7. The lowest BCUT2D eigenvalue weighted by molar-refractivity contribution is -0.139. The van der Waals surface area contributed by atoms with Crippen LogP contribution < -0.4 is 0 Å². The third-order valence-electron chi connectivity index (χ3n) is 3.77. The van der Waals surface area contributed by atoms with E-state index in [0.717, 1.165) is 12.1 Å². The van der Waals surface area contributed by atoms with Crippen molar-refractivity contribution in [2.45, 2.75) is 53.5 Å². The molecule has 1 heterocycles. The SMILES string of the molecule is CC(C)(C)C1C=CC2=C(CC=C2)N(C(C)(C)C)C1=O. The van der Waals surface area contributed by atoms with Gasteiger partial charge >= 0.3 is 0 Å². The first-order chi connectivity index (χ1) is 8.62. The predicted octanol–water partition coefficient (Wildman–Crippen LogP) is 4.06. The monoisotopic (exact) mass is 259 g/mol. The van der Waals surface area contributed by atoms with Crippen LogP contribution in [0.1, 0.15) is 48.0 Å². The van der Waals surface area contributed by atoms with Gasteiger partial charge in [-0.1, -0.05) is 45.1 Å². The summed E-state index contributed by atoms with van der Waals surface area (Å²) < 4.78 is 0. The van der Waals surface area contributed by atoms with Crippen molar-refractivity contribution in [2.75, 3.05) is 0 Å². The van der Waals surface area contributed by atoms with E-state index >= 15 is 0 Å². The van der Waals surface area contributed by atoms with Crippen molar-refractivity contribution in [2.24, 2.45) is 11.3 Å². The molecule has 1 aliphatic carbocycles. The summed E-state index contributed by atoms with van der Waals surface area (Å²) in [4.78, 5) is 15.0. The molecular weight excluding hydrogens is 234 g/mol. The van der Waals surface area contributed by atoms with E-state index in [1.165, 1.54) is 5.57 Å². The van der Waals surface area contributed by atoms with Crippen molar-refractivity contribution in [1.29, 1.82) is 0 Å². The molecule has 1 unspecified atom stereocenters. The Morgan fingerprint density at radius 3 is 2.26 bits per heavy atom. The van der Waals surface area contributed by atoms with Crippen molar-refractivity contribution in [3.8, 4) is 0 Å². The minimum absolute atomic E-state index is 0.0550. The largest absolute Gasteiger partial charge is 0.309 e. The van der Waals surface area contributed by atoms with Gasteiger partial charge in [0.1, 0.15) is 0 Å². The number of allylic oxidation sites excluding steroid dienone is 4. The van der Waals surface area contributed by atoms with Gasteiger partial charge in [0.05, 0.1) is 5.92 Å². The molecule has 2 aliphatic rings. The highest BCUT2D eigenvalue weighted by atomic mass is 16.2. The van der Waals surface area contributed by atoms with Gasteiger partial charge in [0.15, 0.2) is 0 Å². The van der Waals surface area contributed by atoms with Gasteiger partial charge in [-0.15, -0.1) is 0 Å². The number of carbonyl (C=O) groups is 1. The Bertz CT molecular complexity index is 480. The molecule has 104 valence electrons. The van der Waals surface area contributed by atoms with Crippen LogP contribution in [-0.2, 0) is 4.79 Å². The number of hydrogen-bond donors (Lipinski definition) is 0. The quantitative estimate of drug-likeness (QED) is 0.642. The van der Waals surface area contributed by atoms with Gasteiger partial charge in [0, 0.05) is 17.7 Å². The van der Waals surface area contributed by atoms with Crippen LogP contribution in [-0.4, -0.2) is 16.3 Å². The van der Waals surface area contributed by atoms with Crippen molar-refractivity contribution >= 4 is 5.91 Å². The second kappa shape index (κ2) is 4.36. The van der Waals surface area contributed by atoms with Gasteiger partial charge < -0.3 is 4.90 Å². The van der Waals surface area contributed by atoms with E-state index < -0.39 is 0 Å². The lowest BCUT2D eigenvalue weighted by Crippen LogP contribution is -2.49. The van der Waals surface area contributed by atoms with Crippen LogP contribution in [0.2, 0.25) is 0 Å². The molecule has 0 N–H and O–H groups in total. The topological polar surface area (TPSA) is 20.3 Å². The average molecular weight is 259 g/mol. The molecule has 0 saturated carbocycles. The molecule has 0 fully saturated rings. The first-order valence-electron chi connectivity index (χ1n) is 7.04. The maximum absolute atomic E-state index is 13.0. The lowest BCUT2D eigenvalue weighted by atomic mass is 9.79. The van der Waals surface area contributed by atoms with E-state index in [1.807, 2.05) is 4.90 Å². The van der Waals surface area contributed by atoms with Crippen LogP contribution in [0, 0.1) is 11.3 Å². The maximum atomic E-state index is 13.0. The molecule has 0 spiro atoms. The highest BCUT2D eigenvalue weighted by Crippen LogP contribution is 2.38. The molecule has 0 aromatic rings. The Labute approximate surface area is 116 Å². The average Bonchev–Trinajstić information content (AvgIpc) is 2.57. The normalized spacial score (nSPS) is 24.0. The Balaban J connectivity index is 2.51. The summed E-state index contributed by atoms with van der Waals surface area (Å²) in [5.74, 6) is 0.163. The predicted molar refractivity (Wildman–Crippen MR) is 79.5 cm³/mol. The van der Waals surface area contributed by atoms with E-state index in [-0.39, 0.29) is 22.8 Å². The van der Waals surface area contributed by atoms with Gasteiger partial charge in [-0.05, 0) is 31.8 Å². The number of nitrogens with zero attached hydrogens (tertiary/aromatic N) is 1. The second-order valence-electron chi connectivity index (χ2n) is 7.56. The number of amides is 1. The Morgan fingerprint density at radius 2 is 1.74 bits per heavy atom. The van der Waals surface area contributed by atoms with E-state index in [9.17, 15) is 4.79 Å². The zero-order valence-corrected chi connectivity index (χ0v) is 12.9. The second-order valence-corrected chi connectivity index (χ2v) is 7.56. The van der Waals surface area contributed by atoms with Crippen molar-refractivity contribution < 1.29 is 4.79 Å². The van der Waals surface area contributed by atoms with Crippen LogP contribution in [0.4, 0.5) is 0 Å². The molecular formula is C17H25NO. The van der Waals surface area contributed by atoms with Crippen LogP contribution >= 0.6 is 0 Å². The van der Waals surface area contributed by atoms with E-state index in [2.05, 4.69) is 65.8 Å². The maximum Gasteiger partial charge on any atom is 0.234 e. The molecule has 2 rings (SSSR count).